The molecule has 2 rings (SSSR count). The molecule has 2 aromatic rings. The number of ketones is 1. The van der Waals surface area contributed by atoms with Gasteiger partial charge in [0, 0.05) is 17.6 Å². The fourth-order valence-corrected chi connectivity index (χ4v) is 2.60. The summed E-state index contributed by atoms with van der Waals surface area (Å²) >= 11 is 6.98. The van der Waals surface area contributed by atoms with Crippen LogP contribution in [0.1, 0.15) is 27.1 Å². The number of hydrogen-bond donors (Lipinski definition) is 1. The van der Waals surface area contributed by atoms with Crippen molar-refractivity contribution in [2.24, 2.45) is 0 Å². The van der Waals surface area contributed by atoms with Crippen molar-refractivity contribution in [3.8, 4) is 0 Å². The van der Waals surface area contributed by atoms with E-state index in [0.29, 0.717) is 10.2 Å². The molecule has 0 atom stereocenters. The maximum absolute atomic E-state index is 11.6. The normalized spacial score (nSPS) is 10.2. The van der Waals surface area contributed by atoms with Gasteiger partial charge in [-0.2, -0.15) is 0 Å². The number of esters is 1. The summed E-state index contributed by atoms with van der Waals surface area (Å²) in [6, 6.07) is 7.05. The number of aromatic nitrogens is 1. The molecule has 20 heavy (non-hydrogen) atoms. The van der Waals surface area contributed by atoms with Gasteiger partial charge in [-0.05, 0) is 18.2 Å². The Kier molecular flexibility index (Phi) is 4.36. The van der Waals surface area contributed by atoms with Gasteiger partial charge in [-0.25, -0.2) is 9.78 Å². The Bertz CT molecular complexity index is 669. The van der Waals surface area contributed by atoms with Crippen LogP contribution in [0.2, 0.25) is 5.02 Å². The number of ether oxygens (including phenoxy) is 1. The molecule has 0 bridgehead atoms. The van der Waals surface area contributed by atoms with Gasteiger partial charge in [-0.1, -0.05) is 29.0 Å². The van der Waals surface area contributed by atoms with Crippen molar-refractivity contribution in [1.82, 2.24) is 4.98 Å². The molecule has 0 aliphatic rings. The minimum atomic E-state index is -0.634. The number of carbonyl (C=O) groups is 2. The number of carbonyl (C=O) groups excluding carboxylic acids is 2. The van der Waals surface area contributed by atoms with Crippen molar-refractivity contribution in [2.45, 2.75) is 6.92 Å². The fourth-order valence-electron chi connectivity index (χ4n) is 1.54. The molecule has 0 saturated heterocycles. The lowest BCUT2D eigenvalue weighted by Crippen LogP contribution is -2.07. The lowest BCUT2D eigenvalue weighted by molar-refractivity contribution is 0.0591. The third kappa shape index (κ3) is 3.15. The summed E-state index contributed by atoms with van der Waals surface area (Å²) < 4.78 is 4.61. The van der Waals surface area contributed by atoms with E-state index < -0.39 is 5.97 Å². The zero-order valence-electron chi connectivity index (χ0n) is 10.8. The molecule has 5 nitrogen and oxygen atoms in total. The van der Waals surface area contributed by atoms with Crippen LogP contribution in [-0.2, 0) is 4.74 Å². The van der Waals surface area contributed by atoms with E-state index in [1.54, 1.807) is 24.3 Å². The van der Waals surface area contributed by atoms with Gasteiger partial charge in [-0.3, -0.25) is 4.79 Å². The maximum Gasteiger partial charge on any atom is 0.358 e. The van der Waals surface area contributed by atoms with Gasteiger partial charge in [0.1, 0.15) is 4.88 Å². The summed E-state index contributed by atoms with van der Waals surface area (Å²) in [6.07, 6.45) is 0. The van der Waals surface area contributed by atoms with Crippen LogP contribution >= 0.6 is 22.9 Å². The van der Waals surface area contributed by atoms with Gasteiger partial charge in [0.05, 0.1) is 7.11 Å². The van der Waals surface area contributed by atoms with Crippen LogP contribution in [0, 0.1) is 0 Å². The number of methoxy groups -OCH3 is 1. The van der Waals surface area contributed by atoms with Gasteiger partial charge >= 0.3 is 5.97 Å². The summed E-state index contributed by atoms with van der Waals surface area (Å²) in [5.41, 5.74) is 0.743. The van der Waals surface area contributed by atoms with E-state index in [2.05, 4.69) is 15.0 Å². The van der Waals surface area contributed by atoms with Crippen molar-refractivity contribution in [2.75, 3.05) is 12.4 Å². The molecule has 1 heterocycles. The van der Waals surface area contributed by atoms with Crippen molar-refractivity contribution in [3.63, 3.8) is 0 Å². The molecule has 0 radical (unpaired) electrons. The lowest BCUT2D eigenvalue weighted by atomic mass is 10.3. The van der Waals surface area contributed by atoms with Crippen LogP contribution in [-0.4, -0.2) is 23.8 Å². The Balaban J connectivity index is 2.34. The molecule has 1 N–H and O–H groups in total. The van der Waals surface area contributed by atoms with Crippen molar-refractivity contribution < 1.29 is 14.3 Å². The first-order valence-electron chi connectivity index (χ1n) is 5.64. The highest BCUT2D eigenvalue weighted by Gasteiger charge is 2.21. The van der Waals surface area contributed by atoms with E-state index in [-0.39, 0.29) is 16.4 Å². The summed E-state index contributed by atoms with van der Waals surface area (Å²) in [4.78, 5) is 27.5. The average molecular weight is 311 g/mol. The summed E-state index contributed by atoms with van der Waals surface area (Å²) in [5.74, 6) is -0.868. The molecule has 0 aliphatic carbocycles. The molecule has 7 heteroatoms. The van der Waals surface area contributed by atoms with E-state index in [0.717, 1.165) is 17.0 Å². The molecule has 1 aromatic heterocycles. The number of anilines is 2. The largest absolute Gasteiger partial charge is 0.464 e. The number of thiazole rings is 1. The van der Waals surface area contributed by atoms with Crippen LogP contribution in [0.15, 0.2) is 24.3 Å². The molecule has 0 saturated carbocycles. The van der Waals surface area contributed by atoms with E-state index in [1.165, 1.54) is 14.0 Å². The van der Waals surface area contributed by atoms with Gasteiger partial charge in [0.15, 0.2) is 16.6 Å². The highest BCUT2D eigenvalue weighted by molar-refractivity contribution is 7.17. The lowest BCUT2D eigenvalue weighted by Gasteiger charge is -2.01. The van der Waals surface area contributed by atoms with Gasteiger partial charge < -0.3 is 10.1 Å². The molecule has 0 spiro atoms. The second-order valence-electron chi connectivity index (χ2n) is 3.88. The number of rotatable bonds is 4. The average Bonchev–Trinajstić information content (AvgIpc) is 2.82. The number of Topliss-reactive ketones (excluding diaryl/α,β-unsaturated/α-hetero) is 1. The molecular formula is C13H11ClN2O3S. The molecular weight excluding hydrogens is 300 g/mol. The smallest absolute Gasteiger partial charge is 0.358 e. The zero-order valence-corrected chi connectivity index (χ0v) is 12.3. The Morgan fingerprint density at radius 1 is 1.40 bits per heavy atom. The molecule has 0 unspecified atom stereocenters. The first-order chi connectivity index (χ1) is 9.51. The van der Waals surface area contributed by atoms with Crippen LogP contribution in [0.3, 0.4) is 0 Å². The van der Waals surface area contributed by atoms with E-state index in [4.69, 9.17) is 11.6 Å². The molecule has 0 fully saturated rings. The SMILES string of the molecule is COC(=O)c1nc(Nc2cccc(Cl)c2)sc1C(C)=O. The molecule has 104 valence electrons. The van der Waals surface area contributed by atoms with Crippen LogP contribution in [0.5, 0.6) is 0 Å². The summed E-state index contributed by atoms with van der Waals surface area (Å²) in [7, 11) is 1.25. The van der Waals surface area contributed by atoms with Crippen LogP contribution in [0.25, 0.3) is 0 Å². The molecule has 1 aromatic carbocycles. The Labute approximate surface area is 124 Å². The number of benzene rings is 1. The Hall–Kier alpha value is -1.92. The standard InChI is InChI=1S/C13H11ClN2O3S/c1-7(17)11-10(12(18)19-2)16-13(20-11)15-9-5-3-4-8(14)6-9/h3-6H,1-2H3,(H,15,16). The molecule has 0 aliphatic heterocycles. The number of halogens is 1. The van der Waals surface area contributed by atoms with Crippen LogP contribution in [0.4, 0.5) is 10.8 Å². The monoisotopic (exact) mass is 310 g/mol. The predicted molar refractivity (Wildman–Crippen MR) is 78.2 cm³/mol. The van der Waals surface area contributed by atoms with E-state index >= 15 is 0 Å². The predicted octanol–water partition coefficient (Wildman–Crippen LogP) is 3.53. The van der Waals surface area contributed by atoms with Crippen LogP contribution < -0.4 is 5.32 Å². The number of hydrogen-bond acceptors (Lipinski definition) is 6. The Morgan fingerprint density at radius 2 is 2.15 bits per heavy atom. The summed E-state index contributed by atoms with van der Waals surface area (Å²) in [5, 5.41) is 4.01. The topological polar surface area (TPSA) is 68.3 Å². The van der Waals surface area contributed by atoms with Gasteiger partial charge in [-0.15, -0.1) is 0 Å². The van der Waals surface area contributed by atoms with Crippen molar-refractivity contribution >= 4 is 45.5 Å². The number of nitrogens with zero attached hydrogens (tertiary/aromatic N) is 1. The second kappa shape index (κ2) is 6.02. The molecule has 0 amide bonds. The third-order valence-corrected chi connectivity index (χ3v) is 3.71. The number of nitrogens with one attached hydrogen (secondary N) is 1. The highest BCUT2D eigenvalue weighted by atomic mass is 35.5. The Morgan fingerprint density at radius 3 is 2.75 bits per heavy atom. The first kappa shape index (κ1) is 14.5. The minimum Gasteiger partial charge on any atom is -0.464 e. The fraction of sp³-hybridized carbons (Fsp3) is 0.154. The van der Waals surface area contributed by atoms with Crippen molar-refractivity contribution in [3.05, 3.63) is 39.9 Å². The van der Waals surface area contributed by atoms with Gasteiger partial charge in [0.2, 0.25) is 0 Å². The second-order valence-corrected chi connectivity index (χ2v) is 5.32. The highest BCUT2D eigenvalue weighted by Crippen LogP contribution is 2.28. The third-order valence-electron chi connectivity index (χ3n) is 2.40. The maximum atomic E-state index is 11.6. The zero-order chi connectivity index (χ0) is 14.7. The first-order valence-corrected chi connectivity index (χ1v) is 6.83. The van der Waals surface area contributed by atoms with Crippen molar-refractivity contribution in [1.29, 1.82) is 0 Å². The van der Waals surface area contributed by atoms with E-state index in [1.807, 2.05) is 0 Å². The quantitative estimate of drug-likeness (QED) is 0.691. The van der Waals surface area contributed by atoms with E-state index in [9.17, 15) is 9.59 Å². The van der Waals surface area contributed by atoms with Gasteiger partial charge in [0.25, 0.3) is 0 Å². The summed E-state index contributed by atoms with van der Waals surface area (Å²) in [6.45, 7) is 1.38. The minimum absolute atomic E-state index is 0.0227.